The Hall–Kier alpha value is -3.51. The summed E-state index contributed by atoms with van der Waals surface area (Å²) in [5, 5.41) is 4.31. The number of rotatable bonds is 5. The van der Waals surface area contributed by atoms with Crippen LogP contribution in [-0.4, -0.2) is 24.5 Å². The number of aryl methyl sites for hydroxylation is 2. The fraction of sp³-hybridized carbons (Fsp3) is 0.222. The van der Waals surface area contributed by atoms with Gasteiger partial charge in [0.25, 0.3) is 0 Å². The lowest BCUT2D eigenvalue weighted by Gasteiger charge is -2.28. The number of pyridine rings is 2. The summed E-state index contributed by atoms with van der Waals surface area (Å²) < 4.78 is 2.35. The van der Waals surface area contributed by atoms with Crippen LogP contribution in [0.2, 0.25) is 0 Å². The normalized spacial score (nSPS) is 17.9. The third kappa shape index (κ3) is 3.91. The molecule has 0 aliphatic carbocycles. The maximum absolute atomic E-state index is 5.86. The van der Waals surface area contributed by atoms with Gasteiger partial charge in [-0.1, -0.05) is 24.3 Å². The fourth-order valence-corrected chi connectivity index (χ4v) is 5.18. The average Bonchev–Trinajstić information content (AvgIpc) is 3.30. The lowest BCUT2D eigenvalue weighted by atomic mass is 9.96. The number of para-hydroxylation sites is 1. The molecule has 1 fully saturated rings. The Morgan fingerprint density at radius 1 is 0.939 bits per heavy atom. The Kier molecular flexibility index (Phi) is 5.68. The molecule has 166 valence electrons. The van der Waals surface area contributed by atoms with Gasteiger partial charge in [0.05, 0.1) is 17.8 Å². The minimum Gasteiger partial charge on any atom is -0.352 e. The van der Waals surface area contributed by atoms with Crippen LogP contribution < -0.4 is 5.32 Å². The lowest BCUT2D eigenvalue weighted by molar-refractivity contribution is 0.310. The third-order valence-electron chi connectivity index (χ3n) is 6.45. The first-order valence-corrected chi connectivity index (χ1v) is 11.6. The second-order valence-electron chi connectivity index (χ2n) is 8.56. The minimum absolute atomic E-state index is 0.0181. The molecule has 0 unspecified atom stereocenters. The predicted molar refractivity (Wildman–Crippen MR) is 135 cm³/mol. The summed E-state index contributed by atoms with van der Waals surface area (Å²) in [6.45, 7) is 7.24. The molecule has 1 aliphatic rings. The van der Waals surface area contributed by atoms with Gasteiger partial charge in [-0.05, 0) is 86.1 Å². The van der Waals surface area contributed by atoms with Gasteiger partial charge in [0, 0.05) is 42.2 Å². The van der Waals surface area contributed by atoms with Crippen LogP contribution in [0.4, 0.5) is 0 Å². The van der Waals surface area contributed by atoms with E-state index in [0.717, 1.165) is 10.8 Å². The Balaban J connectivity index is 1.63. The zero-order valence-electron chi connectivity index (χ0n) is 19.1. The second-order valence-corrected chi connectivity index (χ2v) is 8.95. The van der Waals surface area contributed by atoms with Crippen molar-refractivity contribution in [3.05, 3.63) is 113 Å². The summed E-state index contributed by atoms with van der Waals surface area (Å²) in [6.07, 6.45) is 5.51. The molecule has 1 saturated heterocycles. The molecular formula is C27H27N5S. The summed E-state index contributed by atoms with van der Waals surface area (Å²) in [5.74, 6) is 0. The molecule has 2 atom stereocenters. The number of aromatic nitrogens is 3. The van der Waals surface area contributed by atoms with E-state index in [4.69, 9.17) is 12.2 Å². The first-order valence-electron chi connectivity index (χ1n) is 11.2. The van der Waals surface area contributed by atoms with Crippen molar-refractivity contribution in [2.24, 2.45) is 0 Å². The van der Waals surface area contributed by atoms with Crippen molar-refractivity contribution in [3.8, 4) is 5.69 Å². The molecule has 0 saturated carbocycles. The van der Waals surface area contributed by atoms with E-state index < -0.39 is 0 Å². The van der Waals surface area contributed by atoms with E-state index in [1.54, 1.807) is 0 Å². The maximum Gasteiger partial charge on any atom is 0.170 e. The molecule has 5 rings (SSSR count). The highest BCUT2D eigenvalue weighted by Gasteiger charge is 2.41. The zero-order valence-corrected chi connectivity index (χ0v) is 19.9. The average molecular weight is 454 g/mol. The minimum atomic E-state index is -0.0358. The van der Waals surface area contributed by atoms with Crippen molar-refractivity contribution in [1.82, 2.24) is 24.8 Å². The van der Waals surface area contributed by atoms with Crippen molar-refractivity contribution in [3.63, 3.8) is 0 Å². The smallest absolute Gasteiger partial charge is 0.170 e. The topological polar surface area (TPSA) is 46.0 Å². The summed E-state index contributed by atoms with van der Waals surface area (Å²) in [6, 6.07) is 21.0. The molecule has 1 aliphatic heterocycles. The number of benzene rings is 1. The highest BCUT2D eigenvalue weighted by Crippen LogP contribution is 2.42. The van der Waals surface area contributed by atoms with Gasteiger partial charge in [0.1, 0.15) is 0 Å². The van der Waals surface area contributed by atoms with Crippen LogP contribution in [-0.2, 0) is 6.54 Å². The molecule has 3 aromatic heterocycles. The van der Waals surface area contributed by atoms with Gasteiger partial charge < -0.3 is 14.8 Å². The first-order chi connectivity index (χ1) is 16.0. The molecule has 1 N–H and O–H groups in total. The van der Waals surface area contributed by atoms with Crippen LogP contribution in [0.1, 0.15) is 45.9 Å². The monoisotopic (exact) mass is 453 g/mol. The molecular weight excluding hydrogens is 426 g/mol. The van der Waals surface area contributed by atoms with Gasteiger partial charge in [-0.25, -0.2) is 0 Å². The van der Waals surface area contributed by atoms with Crippen LogP contribution in [0.25, 0.3) is 5.69 Å². The highest BCUT2D eigenvalue weighted by atomic mass is 32.1. The van der Waals surface area contributed by atoms with Crippen LogP contribution >= 0.6 is 12.2 Å². The van der Waals surface area contributed by atoms with Crippen LogP contribution in [0.5, 0.6) is 0 Å². The van der Waals surface area contributed by atoms with Crippen LogP contribution in [0.15, 0.2) is 79.3 Å². The predicted octanol–water partition coefficient (Wildman–Crippen LogP) is 5.37. The zero-order chi connectivity index (χ0) is 22.9. The number of hydrogen-bond donors (Lipinski definition) is 1. The largest absolute Gasteiger partial charge is 0.352 e. The molecule has 0 spiro atoms. The first kappa shape index (κ1) is 21.3. The van der Waals surface area contributed by atoms with Gasteiger partial charge in [0.15, 0.2) is 5.11 Å². The van der Waals surface area contributed by atoms with Crippen molar-refractivity contribution in [1.29, 1.82) is 0 Å². The van der Waals surface area contributed by atoms with Crippen molar-refractivity contribution in [2.75, 3.05) is 0 Å². The van der Waals surface area contributed by atoms with Gasteiger partial charge >= 0.3 is 0 Å². The standard InChI is InChI=1S/C27H27N5S/c1-18-8-4-5-10-24(18)32-19(2)16-22(20(32)3)26-25(23-9-6-7-13-29-23)30-27(33)31(26)17-21-11-14-28-15-12-21/h4-16,25-26H,17H2,1-3H3,(H,30,33)/t25-,26+/m0/s1. The quantitative estimate of drug-likeness (QED) is 0.412. The summed E-state index contributed by atoms with van der Waals surface area (Å²) in [5.41, 5.74) is 8.31. The molecule has 4 heterocycles. The molecule has 1 aromatic carbocycles. The third-order valence-corrected chi connectivity index (χ3v) is 6.80. The summed E-state index contributed by atoms with van der Waals surface area (Å²) in [4.78, 5) is 11.1. The Labute approximate surface area is 200 Å². The van der Waals surface area contributed by atoms with Gasteiger partial charge in [-0.15, -0.1) is 0 Å². The van der Waals surface area contributed by atoms with E-state index in [-0.39, 0.29) is 12.1 Å². The van der Waals surface area contributed by atoms with E-state index >= 15 is 0 Å². The summed E-state index contributed by atoms with van der Waals surface area (Å²) in [7, 11) is 0. The Morgan fingerprint density at radius 2 is 1.70 bits per heavy atom. The highest BCUT2D eigenvalue weighted by molar-refractivity contribution is 7.80. The van der Waals surface area contributed by atoms with E-state index in [1.165, 1.54) is 33.8 Å². The van der Waals surface area contributed by atoms with Gasteiger partial charge in [0.2, 0.25) is 0 Å². The van der Waals surface area contributed by atoms with Crippen molar-refractivity contribution >= 4 is 17.3 Å². The summed E-state index contributed by atoms with van der Waals surface area (Å²) >= 11 is 5.86. The molecule has 0 bridgehead atoms. The van der Waals surface area contributed by atoms with Crippen LogP contribution in [0.3, 0.4) is 0 Å². The molecule has 4 aromatic rings. The maximum atomic E-state index is 5.86. The molecule has 0 amide bonds. The van der Waals surface area contributed by atoms with Gasteiger partial charge in [-0.3, -0.25) is 9.97 Å². The van der Waals surface area contributed by atoms with Crippen LogP contribution in [0, 0.1) is 20.8 Å². The van der Waals surface area contributed by atoms with Crippen molar-refractivity contribution in [2.45, 2.75) is 39.4 Å². The Bertz CT molecular complexity index is 1280. The van der Waals surface area contributed by atoms with E-state index in [2.05, 4.69) is 81.9 Å². The Morgan fingerprint density at radius 3 is 2.42 bits per heavy atom. The molecule has 6 heteroatoms. The second kappa shape index (κ2) is 8.79. The number of nitrogens with zero attached hydrogens (tertiary/aromatic N) is 4. The SMILES string of the molecule is Cc1ccccc1-n1c(C)cc([C@@H]2[C@H](c3ccccn3)NC(=S)N2Cc2ccncc2)c1C. The fourth-order valence-electron chi connectivity index (χ4n) is 4.87. The van der Waals surface area contributed by atoms with E-state index in [9.17, 15) is 0 Å². The number of thiocarbonyl (C=S) groups is 1. The van der Waals surface area contributed by atoms with Crippen molar-refractivity contribution < 1.29 is 0 Å². The lowest BCUT2D eigenvalue weighted by Crippen LogP contribution is -2.29. The molecule has 5 nitrogen and oxygen atoms in total. The number of nitrogens with one attached hydrogen (secondary N) is 1. The molecule has 0 radical (unpaired) electrons. The molecule has 33 heavy (non-hydrogen) atoms. The van der Waals surface area contributed by atoms with Gasteiger partial charge in [-0.2, -0.15) is 0 Å². The van der Waals surface area contributed by atoms with E-state index in [1.807, 2.05) is 42.9 Å². The number of hydrogen-bond acceptors (Lipinski definition) is 3. The van der Waals surface area contributed by atoms with E-state index in [0.29, 0.717) is 6.54 Å².